The molecule has 1 fully saturated rings. The van der Waals surface area contributed by atoms with Gasteiger partial charge in [0.1, 0.15) is 14.2 Å². The first-order chi connectivity index (χ1) is 9.17. The van der Waals surface area contributed by atoms with E-state index in [0.29, 0.717) is 5.01 Å². The predicted molar refractivity (Wildman–Crippen MR) is 84.9 cm³/mol. The quantitative estimate of drug-likeness (QED) is 0.756. The fraction of sp³-hybridized carbons (Fsp3) is 0.364. The van der Waals surface area contributed by atoms with Crippen LogP contribution in [0.5, 0.6) is 0 Å². The number of halogens is 2. The molecule has 0 unspecified atom stereocenters. The third-order valence-electron chi connectivity index (χ3n) is 2.24. The van der Waals surface area contributed by atoms with Crippen molar-refractivity contribution in [3.8, 4) is 0 Å². The van der Waals surface area contributed by atoms with Gasteiger partial charge in [0, 0.05) is 23.3 Å². The van der Waals surface area contributed by atoms with Gasteiger partial charge in [0.2, 0.25) is 0 Å². The second kappa shape index (κ2) is 7.58. The van der Waals surface area contributed by atoms with Crippen molar-refractivity contribution >= 4 is 60.8 Å². The lowest BCUT2D eigenvalue weighted by Crippen LogP contribution is -2.14. The van der Waals surface area contributed by atoms with E-state index < -0.39 is 0 Å². The summed E-state index contributed by atoms with van der Waals surface area (Å²) in [6, 6.07) is 0.776. The zero-order valence-electron chi connectivity index (χ0n) is 9.81. The summed E-state index contributed by atoms with van der Waals surface area (Å²) in [7, 11) is 0. The van der Waals surface area contributed by atoms with Gasteiger partial charge < -0.3 is 5.32 Å². The predicted octanol–water partition coefficient (Wildman–Crippen LogP) is 3.88. The van der Waals surface area contributed by atoms with E-state index in [2.05, 4.69) is 47.1 Å². The maximum atomic E-state index is 9.95. The van der Waals surface area contributed by atoms with Gasteiger partial charge in [-0.2, -0.15) is 0 Å². The van der Waals surface area contributed by atoms with Gasteiger partial charge in [-0.25, -0.2) is 9.97 Å². The van der Waals surface area contributed by atoms with Crippen LogP contribution in [0, 0.1) is 0 Å². The maximum Gasteiger partial charge on any atom is 0.178 e. The van der Waals surface area contributed by atoms with Gasteiger partial charge in [-0.15, -0.1) is 22.7 Å². The average molecular weight is 425 g/mol. The number of aromatic nitrogens is 2. The van der Waals surface area contributed by atoms with E-state index in [-0.39, 0.29) is 0 Å². The highest BCUT2D eigenvalue weighted by molar-refractivity contribution is 9.10. The van der Waals surface area contributed by atoms with Crippen molar-refractivity contribution in [1.29, 1.82) is 0 Å². The molecular formula is C11H11Br2N3OS2. The number of nitrogens with zero attached hydrogens (tertiary/aromatic N) is 2. The molecule has 0 radical (unpaired) electrons. The van der Waals surface area contributed by atoms with Gasteiger partial charge in [-0.05, 0) is 44.7 Å². The lowest BCUT2D eigenvalue weighted by atomic mass is 10.6. The Kier molecular flexibility index (Phi) is 6.08. The Morgan fingerprint density at radius 3 is 2.37 bits per heavy atom. The van der Waals surface area contributed by atoms with Crippen LogP contribution in [0.1, 0.15) is 27.7 Å². The Balaban J connectivity index is 0.000000148. The summed E-state index contributed by atoms with van der Waals surface area (Å²) in [6.07, 6.45) is 3.41. The van der Waals surface area contributed by atoms with Gasteiger partial charge in [0.15, 0.2) is 11.3 Å². The molecule has 1 saturated carbocycles. The number of carbonyl (C=O) groups is 1. The highest BCUT2D eigenvalue weighted by atomic mass is 79.9. The van der Waals surface area contributed by atoms with Crippen molar-refractivity contribution in [3.63, 3.8) is 0 Å². The molecule has 0 aromatic carbocycles. The molecule has 2 aromatic rings. The summed E-state index contributed by atoms with van der Waals surface area (Å²) in [6.45, 7) is 0.931. The average Bonchev–Trinajstić information content (AvgIpc) is 3.00. The molecule has 102 valence electrons. The summed E-state index contributed by atoms with van der Waals surface area (Å²) >= 11 is 9.46. The van der Waals surface area contributed by atoms with Crippen LogP contribution in [0.3, 0.4) is 0 Å². The van der Waals surface area contributed by atoms with E-state index in [1.165, 1.54) is 29.2 Å². The Labute approximate surface area is 135 Å². The number of hydrogen-bond acceptors (Lipinski definition) is 6. The van der Waals surface area contributed by atoms with Crippen LogP contribution in [0.25, 0.3) is 0 Å². The van der Waals surface area contributed by atoms with Crippen molar-refractivity contribution in [1.82, 2.24) is 15.3 Å². The lowest BCUT2D eigenvalue weighted by Gasteiger charge is -1.96. The molecule has 3 rings (SSSR count). The van der Waals surface area contributed by atoms with Crippen molar-refractivity contribution in [2.75, 3.05) is 0 Å². The van der Waals surface area contributed by atoms with Gasteiger partial charge in [-0.3, -0.25) is 4.79 Å². The Morgan fingerprint density at radius 1 is 1.26 bits per heavy atom. The number of nitrogens with one attached hydrogen (secondary N) is 1. The van der Waals surface area contributed by atoms with Crippen LogP contribution in [0.4, 0.5) is 0 Å². The van der Waals surface area contributed by atoms with Crippen molar-refractivity contribution in [3.05, 3.63) is 30.0 Å². The first-order valence-electron chi connectivity index (χ1n) is 5.57. The summed E-state index contributed by atoms with van der Waals surface area (Å²) in [4.78, 5) is 18.0. The molecule has 2 heterocycles. The molecule has 1 aliphatic carbocycles. The Bertz CT molecular complexity index is 540. The fourth-order valence-electron chi connectivity index (χ4n) is 1.21. The third kappa shape index (κ3) is 5.78. The van der Waals surface area contributed by atoms with Crippen LogP contribution < -0.4 is 5.32 Å². The monoisotopic (exact) mass is 423 g/mol. The largest absolute Gasteiger partial charge is 0.308 e. The highest BCUT2D eigenvalue weighted by Crippen LogP contribution is 2.20. The summed E-state index contributed by atoms with van der Waals surface area (Å²) in [5, 5.41) is 8.88. The zero-order chi connectivity index (χ0) is 13.7. The van der Waals surface area contributed by atoms with Crippen LogP contribution in [-0.2, 0) is 6.54 Å². The van der Waals surface area contributed by atoms with E-state index in [4.69, 9.17) is 0 Å². The number of rotatable bonds is 4. The summed E-state index contributed by atoms with van der Waals surface area (Å²) in [5.41, 5.74) is 0. The highest BCUT2D eigenvalue weighted by Gasteiger charge is 2.20. The topological polar surface area (TPSA) is 54.9 Å². The molecule has 1 N–H and O–H groups in total. The van der Waals surface area contributed by atoms with Crippen molar-refractivity contribution < 1.29 is 4.79 Å². The molecule has 4 nitrogen and oxygen atoms in total. The molecule has 0 bridgehead atoms. The molecule has 2 aromatic heterocycles. The SMILES string of the molecule is Brc1csc(CNC2CC2)n1.O=Cc1nc(Br)cs1. The Hall–Kier alpha value is -0.150. The minimum atomic E-state index is 0.511. The molecule has 0 amide bonds. The van der Waals surface area contributed by atoms with Gasteiger partial charge >= 0.3 is 0 Å². The molecule has 19 heavy (non-hydrogen) atoms. The van der Waals surface area contributed by atoms with E-state index >= 15 is 0 Å². The Morgan fingerprint density at radius 2 is 1.95 bits per heavy atom. The maximum absolute atomic E-state index is 9.95. The lowest BCUT2D eigenvalue weighted by molar-refractivity contribution is 0.112. The second-order valence-electron chi connectivity index (χ2n) is 3.85. The molecule has 8 heteroatoms. The first kappa shape index (κ1) is 15.2. The van der Waals surface area contributed by atoms with Crippen molar-refractivity contribution in [2.24, 2.45) is 0 Å². The molecule has 0 atom stereocenters. The minimum Gasteiger partial charge on any atom is -0.308 e. The van der Waals surface area contributed by atoms with Crippen LogP contribution in [0.2, 0.25) is 0 Å². The van der Waals surface area contributed by atoms with Crippen LogP contribution in [-0.4, -0.2) is 22.3 Å². The van der Waals surface area contributed by atoms with Gasteiger partial charge in [-0.1, -0.05) is 0 Å². The molecular weight excluding hydrogens is 414 g/mol. The number of carbonyl (C=O) groups excluding carboxylic acids is 1. The summed E-state index contributed by atoms with van der Waals surface area (Å²) in [5.74, 6) is 0. The second-order valence-corrected chi connectivity index (χ2v) is 7.30. The number of thiazole rings is 2. The standard InChI is InChI=1S/C7H9BrN2S.C4H2BrNOS/c8-6-4-11-7(10-6)3-9-5-1-2-5;5-3-2-8-4(1-7)6-3/h4-5,9H,1-3H2;1-2H. The van der Waals surface area contributed by atoms with E-state index in [1.807, 2.05) is 5.38 Å². The van der Waals surface area contributed by atoms with E-state index in [1.54, 1.807) is 16.7 Å². The minimum absolute atomic E-state index is 0.511. The third-order valence-corrected chi connectivity index (χ3v) is 5.28. The molecule has 0 aliphatic heterocycles. The number of aldehydes is 1. The summed E-state index contributed by atoms with van der Waals surface area (Å²) < 4.78 is 1.68. The van der Waals surface area contributed by atoms with Gasteiger partial charge in [0.25, 0.3) is 0 Å². The molecule has 1 aliphatic rings. The first-order valence-corrected chi connectivity index (χ1v) is 8.91. The zero-order valence-corrected chi connectivity index (χ0v) is 14.6. The van der Waals surface area contributed by atoms with E-state index in [9.17, 15) is 4.79 Å². The number of hydrogen-bond donors (Lipinski definition) is 1. The van der Waals surface area contributed by atoms with E-state index in [0.717, 1.165) is 28.1 Å². The molecule has 0 spiro atoms. The van der Waals surface area contributed by atoms with Crippen LogP contribution in [0.15, 0.2) is 20.0 Å². The molecule has 0 saturated heterocycles. The fourth-order valence-corrected chi connectivity index (χ4v) is 3.49. The van der Waals surface area contributed by atoms with Crippen LogP contribution >= 0.6 is 54.5 Å². The normalized spacial score (nSPS) is 13.8. The van der Waals surface area contributed by atoms with Gasteiger partial charge in [0.05, 0.1) is 0 Å². The van der Waals surface area contributed by atoms with Crippen molar-refractivity contribution in [2.45, 2.75) is 25.4 Å². The smallest absolute Gasteiger partial charge is 0.178 e.